The smallest absolute Gasteiger partial charge is 0.0952 e. The number of nitrogens with one attached hydrogen (secondary N) is 1. The van der Waals surface area contributed by atoms with Gasteiger partial charge < -0.3 is 4.90 Å². The van der Waals surface area contributed by atoms with Crippen LogP contribution in [0.1, 0.15) is 33.6 Å². The Morgan fingerprint density at radius 2 is 2.00 bits per heavy atom. The first-order valence-corrected chi connectivity index (χ1v) is 4.36. The predicted octanol–water partition coefficient (Wildman–Crippen LogP) is 2.35. The molecule has 0 atom stereocenters. The first kappa shape index (κ1) is 10.5. The van der Waals surface area contributed by atoms with Gasteiger partial charge in [-0.05, 0) is 12.3 Å². The molecular weight excluding hydrogens is 136 g/mol. The Hall–Kier alpha value is -0.530. The van der Waals surface area contributed by atoms with E-state index in [0.717, 1.165) is 24.7 Å². The van der Waals surface area contributed by atoms with E-state index in [9.17, 15) is 0 Å². The predicted molar refractivity (Wildman–Crippen MR) is 50.1 cm³/mol. The highest BCUT2D eigenvalue weighted by molar-refractivity contribution is 5.78. The Labute approximate surface area is 70.1 Å². The molecule has 11 heavy (non-hydrogen) atoms. The molecule has 0 radical (unpaired) electrons. The van der Waals surface area contributed by atoms with Crippen LogP contribution in [-0.2, 0) is 0 Å². The van der Waals surface area contributed by atoms with Gasteiger partial charge in [0.25, 0.3) is 0 Å². The van der Waals surface area contributed by atoms with Crippen LogP contribution in [-0.4, -0.2) is 24.3 Å². The summed E-state index contributed by atoms with van der Waals surface area (Å²) in [6.07, 6.45) is 2.02. The second-order valence-electron chi connectivity index (χ2n) is 3.40. The van der Waals surface area contributed by atoms with E-state index in [4.69, 9.17) is 5.41 Å². The van der Waals surface area contributed by atoms with Gasteiger partial charge in [-0.3, -0.25) is 5.41 Å². The molecule has 0 aromatic carbocycles. The molecule has 0 aliphatic heterocycles. The van der Waals surface area contributed by atoms with E-state index in [0.29, 0.717) is 0 Å². The summed E-state index contributed by atoms with van der Waals surface area (Å²) in [6.45, 7) is 7.46. The van der Waals surface area contributed by atoms with Gasteiger partial charge in [0.1, 0.15) is 0 Å². The lowest BCUT2D eigenvalue weighted by Gasteiger charge is -2.19. The van der Waals surface area contributed by atoms with Crippen molar-refractivity contribution in [3.8, 4) is 0 Å². The van der Waals surface area contributed by atoms with E-state index in [2.05, 4.69) is 13.8 Å². The average molecular weight is 156 g/mol. The fourth-order valence-electron chi connectivity index (χ4n) is 0.857. The third-order valence-corrected chi connectivity index (χ3v) is 1.84. The molecule has 0 fully saturated rings. The van der Waals surface area contributed by atoms with Gasteiger partial charge in [0.2, 0.25) is 0 Å². The van der Waals surface area contributed by atoms with Crippen molar-refractivity contribution in [1.29, 1.82) is 5.41 Å². The zero-order valence-corrected chi connectivity index (χ0v) is 8.15. The van der Waals surface area contributed by atoms with Crippen LogP contribution in [0.3, 0.4) is 0 Å². The number of hydrogen-bond acceptors (Lipinski definition) is 1. The van der Waals surface area contributed by atoms with E-state index in [1.807, 2.05) is 18.9 Å². The zero-order chi connectivity index (χ0) is 8.85. The summed E-state index contributed by atoms with van der Waals surface area (Å²) in [4.78, 5) is 2.03. The monoisotopic (exact) mass is 156 g/mol. The van der Waals surface area contributed by atoms with Crippen molar-refractivity contribution in [3.05, 3.63) is 0 Å². The van der Waals surface area contributed by atoms with Gasteiger partial charge in [-0.2, -0.15) is 0 Å². The molecule has 1 N–H and O–H groups in total. The van der Waals surface area contributed by atoms with Gasteiger partial charge in [0.05, 0.1) is 5.84 Å². The van der Waals surface area contributed by atoms with Gasteiger partial charge in [-0.1, -0.05) is 20.8 Å². The molecule has 0 aromatic rings. The fraction of sp³-hybridized carbons (Fsp3) is 0.889. The summed E-state index contributed by atoms with van der Waals surface area (Å²) in [6, 6.07) is 0. The summed E-state index contributed by atoms with van der Waals surface area (Å²) in [5.74, 6) is 1.48. The minimum atomic E-state index is 0.738. The van der Waals surface area contributed by atoms with Crippen LogP contribution in [0.15, 0.2) is 0 Å². The Balaban J connectivity index is 3.52. The Bertz CT molecular complexity index is 119. The normalized spacial score (nSPS) is 10.3. The molecule has 0 bridgehead atoms. The van der Waals surface area contributed by atoms with Crippen molar-refractivity contribution in [1.82, 2.24) is 4.90 Å². The van der Waals surface area contributed by atoms with Crippen molar-refractivity contribution in [2.24, 2.45) is 5.92 Å². The molecule has 0 aromatic heterocycles. The number of amidine groups is 1. The minimum absolute atomic E-state index is 0.738. The van der Waals surface area contributed by atoms with Gasteiger partial charge in [0.15, 0.2) is 0 Å². The molecule has 0 saturated carbocycles. The zero-order valence-electron chi connectivity index (χ0n) is 8.15. The lowest BCUT2D eigenvalue weighted by molar-refractivity contribution is 0.429. The average Bonchev–Trinajstić information content (AvgIpc) is 1.98. The third-order valence-electron chi connectivity index (χ3n) is 1.84. The molecule has 2 nitrogen and oxygen atoms in total. The highest BCUT2D eigenvalue weighted by Crippen LogP contribution is 2.01. The first-order chi connectivity index (χ1) is 5.07. The Kier molecular flexibility index (Phi) is 4.92. The second-order valence-corrected chi connectivity index (χ2v) is 3.40. The van der Waals surface area contributed by atoms with Crippen molar-refractivity contribution >= 4 is 5.84 Å². The molecule has 0 amide bonds. The maximum Gasteiger partial charge on any atom is 0.0952 e. The fourth-order valence-corrected chi connectivity index (χ4v) is 0.857. The molecule has 0 spiro atoms. The standard InChI is InChI=1S/C9H20N2/c1-5-9(10)11(4)7-6-8(2)3/h8,10H,5-7H2,1-4H3. The van der Waals surface area contributed by atoms with Gasteiger partial charge >= 0.3 is 0 Å². The summed E-state index contributed by atoms with van der Waals surface area (Å²) in [5.41, 5.74) is 0. The first-order valence-electron chi connectivity index (χ1n) is 4.36. The lowest BCUT2D eigenvalue weighted by Crippen LogP contribution is -2.26. The summed E-state index contributed by atoms with van der Waals surface area (Å²) >= 11 is 0. The second kappa shape index (κ2) is 5.16. The molecule has 0 aliphatic rings. The third kappa shape index (κ3) is 4.82. The summed E-state index contributed by atoms with van der Waals surface area (Å²) in [5, 5.41) is 7.51. The van der Waals surface area contributed by atoms with Crippen molar-refractivity contribution in [2.45, 2.75) is 33.6 Å². The summed E-state index contributed by atoms with van der Waals surface area (Å²) < 4.78 is 0. The van der Waals surface area contributed by atoms with Gasteiger partial charge in [-0.25, -0.2) is 0 Å². The van der Waals surface area contributed by atoms with Crippen LogP contribution < -0.4 is 0 Å². The number of nitrogens with zero attached hydrogens (tertiary/aromatic N) is 1. The van der Waals surface area contributed by atoms with Crippen LogP contribution in [0.4, 0.5) is 0 Å². The molecule has 0 heterocycles. The molecule has 0 aliphatic carbocycles. The molecule has 0 saturated heterocycles. The highest BCUT2D eigenvalue weighted by atomic mass is 15.1. The SMILES string of the molecule is CCC(=N)N(C)CCC(C)C. The van der Waals surface area contributed by atoms with Crippen molar-refractivity contribution in [2.75, 3.05) is 13.6 Å². The molecule has 2 heteroatoms. The van der Waals surface area contributed by atoms with E-state index in [1.54, 1.807) is 0 Å². The van der Waals surface area contributed by atoms with Crippen LogP contribution in [0.25, 0.3) is 0 Å². The number of rotatable bonds is 4. The molecule has 0 unspecified atom stereocenters. The van der Waals surface area contributed by atoms with Gasteiger partial charge in [0, 0.05) is 20.0 Å². The molecule has 0 rings (SSSR count). The van der Waals surface area contributed by atoms with E-state index < -0.39 is 0 Å². The van der Waals surface area contributed by atoms with Gasteiger partial charge in [-0.15, -0.1) is 0 Å². The van der Waals surface area contributed by atoms with E-state index in [-0.39, 0.29) is 0 Å². The van der Waals surface area contributed by atoms with Crippen LogP contribution in [0.2, 0.25) is 0 Å². The lowest BCUT2D eigenvalue weighted by atomic mass is 10.1. The minimum Gasteiger partial charge on any atom is -0.364 e. The largest absolute Gasteiger partial charge is 0.364 e. The number of hydrogen-bond donors (Lipinski definition) is 1. The van der Waals surface area contributed by atoms with Crippen molar-refractivity contribution < 1.29 is 0 Å². The maximum atomic E-state index is 7.51. The highest BCUT2D eigenvalue weighted by Gasteiger charge is 2.01. The van der Waals surface area contributed by atoms with Crippen LogP contribution in [0.5, 0.6) is 0 Å². The summed E-state index contributed by atoms with van der Waals surface area (Å²) in [7, 11) is 1.99. The maximum absolute atomic E-state index is 7.51. The van der Waals surface area contributed by atoms with Crippen LogP contribution in [0, 0.1) is 11.3 Å². The van der Waals surface area contributed by atoms with Crippen molar-refractivity contribution in [3.63, 3.8) is 0 Å². The Morgan fingerprint density at radius 1 is 1.45 bits per heavy atom. The quantitative estimate of drug-likeness (QED) is 0.491. The van der Waals surface area contributed by atoms with E-state index >= 15 is 0 Å². The Morgan fingerprint density at radius 3 is 2.36 bits per heavy atom. The van der Waals surface area contributed by atoms with Crippen LogP contribution >= 0.6 is 0 Å². The molecular formula is C9H20N2. The molecule has 66 valence electrons. The van der Waals surface area contributed by atoms with E-state index in [1.165, 1.54) is 6.42 Å². The topological polar surface area (TPSA) is 27.1 Å².